The van der Waals surface area contributed by atoms with E-state index >= 15 is 0 Å². The lowest BCUT2D eigenvalue weighted by Crippen LogP contribution is -1.93. The third-order valence-corrected chi connectivity index (χ3v) is 1.74. The van der Waals surface area contributed by atoms with Crippen LogP contribution in [0.3, 0.4) is 0 Å². The van der Waals surface area contributed by atoms with Gasteiger partial charge in [-0.2, -0.15) is 0 Å². The lowest BCUT2D eigenvalue weighted by molar-refractivity contribution is 0.101. The zero-order chi connectivity index (χ0) is 9.68. The van der Waals surface area contributed by atoms with E-state index in [-0.39, 0.29) is 5.78 Å². The van der Waals surface area contributed by atoms with Gasteiger partial charge in [-0.15, -0.1) is 0 Å². The Hall–Kier alpha value is -1.41. The molecule has 0 amide bonds. The summed E-state index contributed by atoms with van der Waals surface area (Å²) in [4.78, 5) is 11.0. The van der Waals surface area contributed by atoms with Gasteiger partial charge >= 0.3 is 0 Å². The van der Waals surface area contributed by atoms with Gasteiger partial charge in [-0.1, -0.05) is 30.4 Å². The molecule has 0 bridgehead atoms. The molecule has 1 rings (SSSR count). The van der Waals surface area contributed by atoms with E-state index in [9.17, 15) is 4.79 Å². The normalized spacial score (nSPS) is 10.6. The van der Waals surface area contributed by atoms with Crippen LogP contribution in [0.4, 0.5) is 0 Å². The Labute approximate surface area is 78.1 Å². The molecule has 0 unspecified atom stereocenters. The van der Waals surface area contributed by atoms with Crippen molar-refractivity contribution < 1.29 is 4.79 Å². The Morgan fingerprint density at radius 1 is 1.54 bits per heavy atom. The van der Waals surface area contributed by atoms with Crippen molar-refractivity contribution in [3.8, 4) is 0 Å². The van der Waals surface area contributed by atoms with Gasteiger partial charge in [0, 0.05) is 12.1 Å². The molecule has 0 saturated heterocycles. The first-order valence-electron chi connectivity index (χ1n) is 4.21. The first kappa shape index (κ1) is 9.68. The molecular weight excluding hydrogens is 162 g/mol. The molecule has 2 nitrogen and oxygen atoms in total. The van der Waals surface area contributed by atoms with Crippen LogP contribution in [0, 0.1) is 0 Å². The second kappa shape index (κ2) is 4.58. The summed E-state index contributed by atoms with van der Waals surface area (Å²) in [7, 11) is 0. The molecule has 1 aromatic carbocycles. The largest absolute Gasteiger partial charge is 0.327 e. The van der Waals surface area contributed by atoms with Crippen molar-refractivity contribution >= 4 is 11.9 Å². The average Bonchev–Trinajstić information content (AvgIpc) is 2.15. The Bertz CT molecular complexity index is 329. The highest BCUT2D eigenvalue weighted by Gasteiger charge is 1.97. The van der Waals surface area contributed by atoms with Crippen molar-refractivity contribution in [3.05, 3.63) is 41.5 Å². The molecule has 2 heteroatoms. The van der Waals surface area contributed by atoms with Gasteiger partial charge in [-0.25, -0.2) is 0 Å². The lowest BCUT2D eigenvalue weighted by atomic mass is 10.1. The van der Waals surface area contributed by atoms with Crippen molar-refractivity contribution in [2.75, 3.05) is 6.54 Å². The second-order valence-electron chi connectivity index (χ2n) is 2.82. The molecule has 0 radical (unpaired) electrons. The standard InChI is InChI=1S/C11H13NO/c1-9(13)11-6-2-4-10(8-11)5-3-7-12/h2-6,8H,7,12H2,1H3. The Morgan fingerprint density at radius 3 is 2.92 bits per heavy atom. The van der Waals surface area contributed by atoms with Gasteiger partial charge in [0.2, 0.25) is 0 Å². The van der Waals surface area contributed by atoms with Crippen molar-refractivity contribution in [2.45, 2.75) is 6.92 Å². The van der Waals surface area contributed by atoms with Crippen LogP contribution in [-0.2, 0) is 0 Å². The van der Waals surface area contributed by atoms with Gasteiger partial charge in [0.25, 0.3) is 0 Å². The van der Waals surface area contributed by atoms with Gasteiger partial charge in [0.05, 0.1) is 0 Å². The summed E-state index contributed by atoms with van der Waals surface area (Å²) in [5.74, 6) is 0.0861. The van der Waals surface area contributed by atoms with E-state index in [1.807, 2.05) is 36.4 Å². The second-order valence-corrected chi connectivity index (χ2v) is 2.82. The number of nitrogens with two attached hydrogens (primary N) is 1. The average molecular weight is 175 g/mol. The van der Waals surface area contributed by atoms with E-state index in [0.717, 1.165) is 11.1 Å². The minimum atomic E-state index is 0.0861. The summed E-state index contributed by atoms with van der Waals surface area (Å²) in [5.41, 5.74) is 7.07. The van der Waals surface area contributed by atoms with Gasteiger partial charge in [-0.05, 0) is 18.6 Å². The molecule has 0 aliphatic heterocycles. The van der Waals surface area contributed by atoms with Crippen molar-refractivity contribution in [3.63, 3.8) is 0 Å². The number of benzene rings is 1. The zero-order valence-electron chi connectivity index (χ0n) is 7.66. The molecule has 0 atom stereocenters. The van der Waals surface area contributed by atoms with Crippen LogP contribution in [0.15, 0.2) is 30.3 Å². The van der Waals surface area contributed by atoms with Crippen molar-refractivity contribution in [2.24, 2.45) is 5.73 Å². The SMILES string of the molecule is CC(=O)c1cccc(C=CCN)c1. The van der Waals surface area contributed by atoms with Crippen LogP contribution in [0.2, 0.25) is 0 Å². The van der Waals surface area contributed by atoms with Gasteiger partial charge < -0.3 is 5.73 Å². The summed E-state index contributed by atoms with van der Waals surface area (Å²) in [6.07, 6.45) is 3.77. The summed E-state index contributed by atoms with van der Waals surface area (Å²) in [6.45, 7) is 2.08. The van der Waals surface area contributed by atoms with Crippen LogP contribution in [0.5, 0.6) is 0 Å². The fourth-order valence-electron chi connectivity index (χ4n) is 1.07. The molecule has 0 aliphatic carbocycles. The predicted molar refractivity (Wildman–Crippen MR) is 54.5 cm³/mol. The molecule has 0 fully saturated rings. The number of carbonyl (C=O) groups is 1. The van der Waals surface area contributed by atoms with Crippen LogP contribution in [0.25, 0.3) is 6.08 Å². The number of carbonyl (C=O) groups excluding carboxylic acids is 1. The van der Waals surface area contributed by atoms with Gasteiger partial charge in [-0.3, -0.25) is 4.79 Å². The van der Waals surface area contributed by atoms with E-state index < -0.39 is 0 Å². The number of hydrogen-bond acceptors (Lipinski definition) is 2. The minimum Gasteiger partial charge on any atom is -0.327 e. The Morgan fingerprint density at radius 2 is 2.31 bits per heavy atom. The Balaban J connectivity index is 2.92. The summed E-state index contributed by atoms with van der Waals surface area (Å²) in [6, 6.07) is 7.47. The topological polar surface area (TPSA) is 43.1 Å². The van der Waals surface area contributed by atoms with Crippen LogP contribution >= 0.6 is 0 Å². The maximum Gasteiger partial charge on any atom is 0.159 e. The molecule has 0 spiro atoms. The number of ketones is 1. The molecule has 2 N–H and O–H groups in total. The first-order valence-corrected chi connectivity index (χ1v) is 4.21. The van der Waals surface area contributed by atoms with Crippen molar-refractivity contribution in [1.29, 1.82) is 0 Å². The number of hydrogen-bond donors (Lipinski definition) is 1. The smallest absolute Gasteiger partial charge is 0.159 e. The molecule has 13 heavy (non-hydrogen) atoms. The quantitative estimate of drug-likeness (QED) is 0.712. The van der Waals surface area contributed by atoms with E-state index in [1.165, 1.54) is 0 Å². The fourth-order valence-corrected chi connectivity index (χ4v) is 1.07. The lowest BCUT2D eigenvalue weighted by Gasteiger charge is -1.96. The highest BCUT2D eigenvalue weighted by molar-refractivity contribution is 5.94. The van der Waals surface area contributed by atoms with E-state index in [2.05, 4.69) is 0 Å². The first-order chi connectivity index (χ1) is 6.24. The van der Waals surface area contributed by atoms with Crippen LogP contribution in [-0.4, -0.2) is 12.3 Å². The molecule has 1 aromatic rings. The molecule has 68 valence electrons. The summed E-state index contributed by atoms with van der Waals surface area (Å²) >= 11 is 0. The van der Waals surface area contributed by atoms with E-state index in [4.69, 9.17) is 5.73 Å². The predicted octanol–water partition coefficient (Wildman–Crippen LogP) is 1.86. The molecular formula is C11H13NO. The molecule has 0 aromatic heterocycles. The highest BCUT2D eigenvalue weighted by Crippen LogP contribution is 2.07. The van der Waals surface area contributed by atoms with Crippen LogP contribution in [0.1, 0.15) is 22.8 Å². The minimum absolute atomic E-state index is 0.0861. The number of Topliss-reactive ketones (excluding diaryl/α,β-unsaturated/α-hetero) is 1. The molecule has 0 aliphatic rings. The summed E-state index contributed by atoms with van der Waals surface area (Å²) in [5, 5.41) is 0. The van der Waals surface area contributed by atoms with E-state index in [1.54, 1.807) is 6.92 Å². The third kappa shape index (κ3) is 2.84. The maximum absolute atomic E-state index is 11.0. The van der Waals surface area contributed by atoms with Crippen LogP contribution < -0.4 is 5.73 Å². The van der Waals surface area contributed by atoms with Crippen molar-refractivity contribution in [1.82, 2.24) is 0 Å². The highest BCUT2D eigenvalue weighted by atomic mass is 16.1. The summed E-state index contributed by atoms with van der Waals surface area (Å²) < 4.78 is 0. The van der Waals surface area contributed by atoms with E-state index in [0.29, 0.717) is 6.54 Å². The maximum atomic E-state index is 11.0. The Kier molecular flexibility index (Phi) is 3.41. The van der Waals surface area contributed by atoms with Gasteiger partial charge in [0.15, 0.2) is 5.78 Å². The fraction of sp³-hybridized carbons (Fsp3) is 0.182. The monoisotopic (exact) mass is 175 g/mol. The zero-order valence-corrected chi connectivity index (χ0v) is 7.66. The number of rotatable bonds is 3. The van der Waals surface area contributed by atoms with Gasteiger partial charge in [0.1, 0.15) is 0 Å². The third-order valence-electron chi connectivity index (χ3n) is 1.74. The molecule has 0 saturated carbocycles. The molecule has 0 heterocycles.